The maximum absolute atomic E-state index is 14.2. The van der Waals surface area contributed by atoms with Crippen molar-refractivity contribution in [3.63, 3.8) is 0 Å². The number of carboxylic acid groups (broad SMARTS) is 2. The summed E-state index contributed by atoms with van der Waals surface area (Å²) < 4.78 is 5.44. The average Bonchev–Trinajstić information content (AvgIpc) is 3.78. The van der Waals surface area contributed by atoms with Crippen molar-refractivity contribution in [1.82, 2.24) is 23.7 Å². The van der Waals surface area contributed by atoms with Crippen molar-refractivity contribution in [3.8, 4) is 0 Å². The summed E-state index contributed by atoms with van der Waals surface area (Å²) in [5, 5.41) is 19.5. The summed E-state index contributed by atoms with van der Waals surface area (Å²) in [7, 11) is 0. The highest BCUT2D eigenvalue weighted by atomic mass is 16.4. The van der Waals surface area contributed by atoms with Crippen molar-refractivity contribution in [2.45, 2.75) is 37.8 Å². The summed E-state index contributed by atoms with van der Waals surface area (Å²) in [5.41, 5.74) is 2.35. The molecule has 0 saturated carbocycles. The number of rotatable bonds is 4. The molecule has 198 valence electrons. The van der Waals surface area contributed by atoms with Crippen LogP contribution in [0.25, 0.3) is 0 Å². The van der Waals surface area contributed by atoms with Gasteiger partial charge in [0.25, 0.3) is 0 Å². The Balaban J connectivity index is 1.34. The molecule has 0 unspecified atom stereocenters. The first-order valence-electron chi connectivity index (χ1n) is 12.9. The highest BCUT2D eigenvalue weighted by Gasteiger charge is 2.62. The lowest BCUT2D eigenvalue weighted by molar-refractivity contribution is -0.131. The van der Waals surface area contributed by atoms with Gasteiger partial charge in [-0.25, -0.2) is 19.2 Å². The van der Waals surface area contributed by atoms with Gasteiger partial charge >= 0.3 is 35.9 Å². The second-order valence-electron chi connectivity index (χ2n) is 10.3. The predicted octanol–water partition coefficient (Wildman–Crippen LogP) is 3.33. The first-order valence-corrected chi connectivity index (χ1v) is 12.9. The van der Waals surface area contributed by atoms with E-state index in [1.165, 1.54) is 6.20 Å². The maximum Gasteiger partial charge on any atom is 0.426 e. The quantitative estimate of drug-likeness (QED) is 0.564. The summed E-state index contributed by atoms with van der Waals surface area (Å²) in [6.45, 7) is 0.529. The number of carbonyl (C=O) groups is 4. The van der Waals surface area contributed by atoms with Crippen LogP contribution < -0.4 is 8.97 Å². The fraction of sp³-hybridized carbons (Fsp3) is 0.296. The van der Waals surface area contributed by atoms with Crippen LogP contribution in [0.2, 0.25) is 0 Å². The minimum atomic E-state index is -1.16. The molecule has 12 heteroatoms. The number of nitrogens with zero attached hydrogens (tertiary/aromatic N) is 5. The fourth-order valence-corrected chi connectivity index (χ4v) is 6.80. The zero-order chi connectivity index (χ0) is 27.1. The molecule has 2 fully saturated rings. The van der Waals surface area contributed by atoms with Crippen LogP contribution in [0, 0.1) is 0 Å². The largest absolute Gasteiger partial charge is 0.465 e. The standard InChI is InChI=1S/C27H23N5O7/c33-23(20-3-1-13-29(20)26(35)36)31(16-5-6-17(31)8-7-16)22-15-28-25(39-22)32(18-9-10-19(32)12-11-18)24(34)21-4-2-14-30(21)27(37)38/h5-12,15,20-21H,1-4,13-14H2/p+2/t20-,21-/m0/s1. The highest BCUT2D eigenvalue weighted by Crippen LogP contribution is 2.51. The number of fused-ring (bicyclic) bond motifs is 4. The summed E-state index contributed by atoms with van der Waals surface area (Å²) in [6.07, 6.45) is 15.3. The molecule has 0 radical (unpaired) electrons. The van der Waals surface area contributed by atoms with Crippen molar-refractivity contribution in [2.24, 2.45) is 0 Å². The van der Waals surface area contributed by atoms with Gasteiger partial charge in [0.15, 0.2) is 34.9 Å². The summed E-state index contributed by atoms with van der Waals surface area (Å²) in [5.74, 6) is -0.620. The van der Waals surface area contributed by atoms with Crippen molar-refractivity contribution < 1.29 is 33.8 Å². The van der Waals surface area contributed by atoms with Gasteiger partial charge in [-0.15, -0.1) is 8.97 Å². The van der Waals surface area contributed by atoms with E-state index in [1.807, 2.05) is 0 Å². The number of oxazole rings is 1. The van der Waals surface area contributed by atoms with E-state index in [-0.39, 0.29) is 30.9 Å². The minimum Gasteiger partial charge on any atom is -0.465 e. The lowest BCUT2D eigenvalue weighted by atomic mass is 10.1. The zero-order valence-electron chi connectivity index (χ0n) is 20.8. The fourth-order valence-electron chi connectivity index (χ4n) is 6.80. The van der Waals surface area contributed by atoms with Crippen LogP contribution in [0.1, 0.15) is 25.7 Å². The Labute approximate surface area is 222 Å². The number of likely N-dealkylation sites (tertiary alicyclic amines) is 2. The first kappa shape index (κ1) is 23.6. The molecule has 1 aromatic rings. The molecule has 6 aliphatic rings. The third kappa shape index (κ3) is 2.81. The number of amides is 4. The van der Waals surface area contributed by atoms with Gasteiger partial charge in [0.1, 0.15) is 6.20 Å². The van der Waals surface area contributed by atoms with E-state index < -0.39 is 39.1 Å². The molecule has 7 rings (SSSR count). The lowest BCUT2D eigenvalue weighted by Crippen LogP contribution is -2.57. The van der Waals surface area contributed by atoms with E-state index >= 15 is 0 Å². The van der Waals surface area contributed by atoms with Gasteiger partial charge in [-0.05, 0) is 25.7 Å². The molecule has 2 saturated heterocycles. The van der Waals surface area contributed by atoms with E-state index in [2.05, 4.69) is 4.98 Å². The van der Waals surface area contributed by atoms with Gasteiger partial charge in [-0.3, -0.25) is 9.80 Å². The first-order chi connectivity index (χ1) is 18.8. The van der Waals surface area contributed by atoms with Crippen molar-refractivity contribution >= 4 is 35.9 Å². The number of carbonyl (C=O) groups excluding carboxylic acids is 2. The lowest BCUT2D eigenvalue weighted by Gasteiger charge is -2.32. The molecule has 1 aromatic heterocycles. The molecule has 39 heavy (non-hydrogen) atoms. The molecule has 2 N–H and O–H groups in total. The van der Waals surface area contributed by atoms with Gasteiger partial charge in [0.05, 0.1) is 0 Å². The topological polar surface area (TPSA) is 141 Å². The molecule has 0 aliphatic carbocycles. The van der Waals surface area contributed by atoms with Crippen LogP contribution in [0.3, 0.4) is 0 Å². The smallest absolute Gasteiger partial charge is 0.426 e. The second-order valence-corrected chi connectivity index (χ2v) is 10.3. The van der Waals surface area contributed by atoms with Crippen molar-refractivity contribution in [1.29, 1.82) is 0 Å². The van der Waals surface area contributed by atoms with E-state index in [0.717, 1.165) is 9.80 Å². The highest BCUT2D eigenvalue weighted by molar-refractivity contribution is 6.03. The van der Waals surface area contributed by atoms with Crippen LogP contribution in [-0.4, -0.2) is 74.2 Å². The number of aromatic nitrogens is 1. The van der Waals surface area contributed by atoms with Gasteiger partial charge in [0.2, 0.25) is 0 Å². The molecule has 7 heterocycles. The molecule has 0 aromatic carbocycles. The number of hydrogen-bond donors (Lipinski definition) is 2. The van der Waals surface area contributed by atoms with E-state index in [0.29, 0.717) is 48.5 Å². The molecule has 4 amide bonds. The van der Waals surface area contributed by atoms with Gasteiger partial charge < -0.3 is 14.6 Å². The molecule has 0 spiro atoms. The van der Waals surface area contributed by atoms with Crippen LogP contribution in [0.5, 0.6) is 0 Å². The number of hydrogen-bond acceptors (Lipinski definition) is 6. The number of allylic oxidation sites excluding steroid dienone is 8. The predicted molar refractivity (Wildman–Crippen MR) is 136 cm³/mol. The Morgan fingerprint density at radius 1 is 0.744 bits per heavy atom. The Bertz CT molecular complexity index is 1400. The SMILES string of the molecule is O=C(O)N1CCC[C@H]1C(=O)[N+]1(c2cnc([N+]3(C(=O)[C@@H]4CCCN4C(=O)O)C4=CC=C3C=C4)o2)C2=CC=C1C=C2. The molecule has 6 aliphatic heterocycles. The van der Waals surface area contributed by atoms with Crippen molar-refractivity contribution in [3.05, 3.63) is 77.6 Å². The van der Waals surface area contributed by atoms with Gasteiger partial charge in [-0.1, -0.05) is 0 Å². The number of quaternary nitrogens is 2. The zero-order valence-corrected chi connectivity index (χ0v) is 20.8. The van der Waals surface area contributed by atoms with Gasteiger partial charge in [0, 0.05) is 61.7 Å². The molecule has 2 atom stereocenters. The Kier molecular flexibility index (Phi) is 4.82. The Morgan fingerprint density at radius 3 is 1.62 bits per heavy atom. The third-order valence-electron chi connectivity index (χ3n) is 8.58. The molecular formula is C27H25N5O7+2. The second kappa shape index (κ2) is 7.98. The van der Waals surface area contributed by atoms with Crippen LogP contribution in [0.4, 0.5) is 21.5 Å². The van der Waals surface area contributed by atoms with Crippen LogP contribution in [0.15, 0.2) is 82.0 Å². The molecular weight excluding hydrogens is 506 g/mol. The monoisotopic (exact) mass is 531 g/mol. The average molecular weight is 532 g/mol. The van der Waals surface area contributed by atoms with Crippen LogP contribution in [-0.2, 0) is 9.59 Å². The van der Waals surface area contributed by atoms with Crippen molar-refractivity contribution in [2.75, 3.05) is 13.1 Å². The normalized spacial score (nSPS) is 26.7. The molecule has 4 bridgehead atoms. The Morgan fingerprint density at radius 2 is 1.18 bits per heavy atom. The third-order valence-corrected chi connectivity index (χ3v) is 8.58. The summed E-state index contributed by atoms with van der Waals surface area (Å²) in [4.78, 5) is 59.1. The summed E-state index contributed by atoms with van der Waals surface area (Å²) in [6, 6.07) is -1.75. The van der Waals surface area contributed by atoms with Crippen LogP contribution >= 0.6 is 0 Å². The van der Waals surface area contributed by atoms with E-state index in [9.17, 15) is 29.4 Å². The van der Waals surface area contributed by atoms with E-state index in [4.69, 9.17) is 4.42 Å². The summed E-state index contributed by atoms with van der Waals surface area (Å²) >= 11 is 0. The van der Waals surface area contributed by atoms with Gasteiger partial charge in [-0.2, -0.15) is 4.98 Å². The van der Waals surface area contributed by atoms with E-state index in [1.54, 1.807) is 48.6 Å². The Hall–Kier alpha value is -4.55. The molecule has 12 nitrogen and oxygen atoms in total. The minimum absolute atomic E-state index is 0.00607. The maximum atomic E-state index is 14.2.